The minimum atomic E-state index is -4.52. The lowest BCUT2D eigenvalue weighted by atomic mass is 10.1. The van der Waals surface area contributed by atoms with E-state index >= 15 is 0 Å². The van der Waals surface area contributed by atoms with E-state index in [4.69, 9.17) is 0 Å². The number of anilines is 1. The van der Waals surface area contributed by atoms with Crippen LogP contribution in [0.4, 0.5) is 32.0 Å². The summed E-state index contributed by atoms with van der Waals surface area (Å²) in [6, 6.07) is 8.05. The summed E-state index contributed by atoms with van der Waals surface area (Å²) in [7, 11) is 0. The second kappa shape index (κ2) is 8.04. The van der Waals surface area contributed by atoms with Crippen LogP contribution in [0.15, 0.2) is 53.4 Å². The molecule has 1 atom stereocenters. The number of thioether (sulfide) groups is 1. The number of carbonyl (C=O) groups excluding carboxylic acids is 1. The van der Waals surface area contributed by atoms with E-state index in [0.717, 1.165) is 55.1 Å². The first-order valence-corrected chi connectivity index (χ1v) is 8.79. The van der Waals surface area contributed by atoms with Crippen molar-refractivity contribution in [1.82, 2.24) is 0 Å². The predicted molar refractivity (Wildman–Crippen MR) is 92.9 cm³/mol. The van der Waals surface area contributed by atoms with Crippen LogP contribution in [0, 0.1) is 0 Å². The molecule has 0 saturated carbocycles. The summed E-state index contributed by atoms with van der Waals surface area (Å²) in [4.78, 5) is 12.4. The van der Waals surface area contributed by atoms with E-state index in [1.807, 2.05) is 0 Å². The van der Waals surface area contributed by atoms with Crippen molar-refractivity contribution in [1.29, 1.82) is 0 Å². The summed E-state index contributed by atoms with van der Waals surface area (Å²) in [5, 5.41) is 12.6. The molecule has 28 heavy (non-hydrogen) atoms. The van der Waals surface area contributed by atoms with Crippen molar-refractivity contribution in [3.63, 3.8) is 0 Å². The van der Waals surface area contributed by atoms with Gasteiger partial charge in [0.05, 0.1) is 11.1 Å². The molecule has 1 unspecified atom stereocenters. The Bertz CT molecular complexity index is 831. The average molecular weight is 423 g/mol. The molecule has 0 aliphatic rings. The third-order valence-electron chi connectivity index (χ3n) is 3.64. The highest BCUT2D eigenvalue weighted by molar-refractivity contribution is 7.99. The van der Waals surface area contributed by atoms with E-state index in [2.05, 4.69) is 5.32 Å². The fourth-order valence-electron chi connectivity index (χ4n) is 2.06. The van der Waals surface area contributed by atoms with Crippen LogP contribution in [-0.2, 0) is 17.1 Å². The molecule has 0 aromatic heterocycles. The van der Waals surface area contributed by atoms with Crippen LogP contribution < -0.4 is 5.32 Å². The van der Waals surface area contributed by atoms with Crippen LogP contribution in [0.3, 0.4) is 0 Å². The number of carbonyl (C=O) groups is 1. The van der Waals surface area contributed by atoms with Gasteiger partial charge in [-0.15, -0.1) is 11.8 Å². The average Bonchev–Trinajstić information content (AvgIpc) is 2.59. The third-order valence-corrected chi connectivity index (χ3v) is 4.93. The lowest BCUT2D eigenvalue weighted by Gasteiger charge is -2.22. The summed E-state index contributed by atoms with van der Waals surface area (Å²) in [5.74, 6) is -1.16. The quantitative estimate of drug-likeness (QED) is 0.513. The molecule has 1 amide bonds. The summed E-state index contributed by atoms with van der Waals surface area (Å²) >= 11 is 0.843. The van der Waals surface area contributed by atoms with Crippen LogP contribution in [0.1, 0.15) is 18.1 Å². The largest absolute Gasteiger partial charge is 0.416 e. The smallest absolute Gasteiger partial charge is 0.379 e. The van der Waals surface area contributed by atoms with Crippen molar-refractivity contribution in [2.75, 3.05) is 11.1 Å². The maximum Gasteiger partial charge on any atom is 0.416 e. The number of rotatable bonds is 5. The maximum atomic E-state index is 12.7. The van der Waals surface area contributed by atoms with E-state index in [-0.39, 0.29) is 16.3 Å². The van der Waals surface area contributed by atoms with Gasteiger partial charge in [-0.2, -0.15) is 26.3 Å². The molecule has 2 aromatic rings. The molecule has 0 bridgehead atoms. The third kappa shape index (κ3) is 5.90. The van der Waals surface area contributed by atoms with E-state index in [9.17, 15) is 36.2 Å². The number of amides is 1. The topological polar surface area (TPSA) is 49.3 Å². The Morgan fingerprint density at radius 1 is 0.964 bits per heavy atom. The fourth-order valence-corrected chi connectivity index (χ4v) is 3.02. The molecular formula is C18H15F6NO2S. The molecule has 0 aliphatic carbocycles. The van der Waals surface area contributed by atoms with Crippen molar-refractivity contribution in [3.8, 4) is 0 Å². The number of benzene rings is 2. The normalized spacial score (nSPS) is 14.4. The van der Waals surface area contributed by atoms with Gasteiger partial charge < -0.3 is 10.4 Å². The molecule has 152 valence electrons. The van der Waals surface area contributed by atoms with Gasteiger partial charge in [-0.3, -0.25) is 4.79 Å². The number of alkyl halides is 6. The zero-order valence-corrected chi connectivity index (χ0v) is 15.2. The Labute approximate surface area is 160 Å². The van der Waals surface area contributed by atoms with Gasteiger partial charge in [0, 0.05) is 16.3 Å². The Morgan fingerprint density at radius 2 is 1.54 bits per heavy atom. The minimum absolute atomic E-state index is 0.0438. The van der Waals surface area contributed by atoms with Gasteiger partial charge in [0.1, 0.15) is 5.60 Å². The Hall–Kier alpha value is -2.20. The highest BCUT2D eigenvalue weighted by Gasteiger charge is 2.33. The number of halogens is 6. The maximum absolute atomic E-state index is 12.7. The SMILES string of the molecule is CC(O)(CSc1cccc(C(F)(F)F)c1)C(=O)Nc1ccc(C(F)(F)F)cc1. The van der Waals surface area contributed by atoms with Crippen LogP contribution in [0.25, 0.3) is 0 Å². The van der Waals surface area contributed by atoms with Gasteiger partial charge in [0.25, 0.3) is 5.91 Å². The lowest BCUT2D eigenvalue weighted by Crippen LogP contribution is -2.42. The molecular weight excluding hydrogens is 408 g/mol. The minimum Gasteiger partial charge on any atom is -0.379 e. The number of aliphatic hydroxyl groups is 1. The standard InChI is InChI=1S/C18H15F6NO2S/c1-16(27,10-28-14-4-2-3-12(9-14)18(22,23)24)15(26)25-13-7-5-11(6-8-13)17(19,20)21/h2-9,27H,10H2,1H3,(H,25,26). The van der Waals surface area contributed by atoms with Crippen molar-refractivity contribution in [2.45, 2.75) is 29.8 Å². The highest BCUT2D eigenvalue weighted by atomic mass is 32.2. The van der Waals surface area contributed by atoms with Gasteiger partial charge in [-0.25, -0.2) is 0 Å². The molecule has 0 radical (unpaired) electrons. The first-order valence-electron chi connectivity index (χ1n) is 7.80. The molecule has 0 saturated heterocycles. The van der Waals surface area contributed by atoms with E-state index < -0.39 is 35.0 Å². The second-order valence-corrected chi connectivity index (χ2v) is 7.17. The fraction of sp³-hybridized carbons (Fsp3) is 0.278. The van der Waals surface area contributed by atoms with Gasteiger partial charge in [0.15, 0.2) is 0 Å². The van der Waals surface area contributed by atoms with Crippen molar-refractivity contribution < 1.29 is 36.2 Å². The number of nitrogens with one attached hydrogen (secondary N) is 1. The molecule has 2 N–H and O–H groups in total. The Balaban J connectivity index is 2.01. The molecule has 2 aromatic carbocycles. The van der Waals surface area contributed by atoms with Gasteiger partial charge in [-0.1, -0.05) is 6.07 Å². The summed E-state index contributed by atoms with van der Waals surface area (Å²) in [6.07, 6.45) is -9.03. The number of hydrogen-bond acceptors (Lipinski definition) is 3. The van der Waals surface area contributed by atoms with Crippen LogP contribution in [-0.4, -0.2) is 22.4 Å². The Kier molecular flexibility index (Phi) is 6.34. The van der Waals surface area contributed by atoms with Crippen LogP contribution >= 0.6 is 11.8 Å². The molecule has 0 fully saturated rings. The molecule has 0 heterocycles. The molecule has 10 heteroatoms. The van der Waals surface area contributed by atoms with E-state index in [0.29, 0.717) is 0 Å². The van der Waals surface area contributed by atoms with Gasteiger partial charge in [0.2, 0.25) is 0 Å². The van der Waals surface area contributed by atoms with Crippen LogP contribution in [0.5, 0.6) is 0 Å². The number of hydrogen-bond donors (Lipinski definition) is 2. The van der Waals surface area contributed by atoms with Gasteiger partial charge >= 0.3 is 12.4 Å². The Morgan fingerprint density at radius 3 is 2.07 bits per heavy atom. The highest BCUT2D eigenvalue weighted by Crippen LogP contribution is 2.33. The molecule has 2 rings (SSSR count). The summed E-state index contributed by atoms with van der Waals surface area (Å²) in [5.41, 5.74) is -3.67. The van der Waals surface area contributed by atoms with E-state index in [1.54, 1.807) is 0 Å². The zero-order valence-electron chi connectivity index (χ0n) is 14.4. The molecule has 3 nitrogen and oxygen atoms in total. The van der Waals surface area contributed by atoms with Crippen molar-refractivity contribution >= 4 is 23.4 Å². The van der Waals surface area contributed by atoms with E-state index in [1.165, 1.54) is 12.1 Å². The first kappa shape index (κ1) is 22.1. The lowest BCUT2D eigenvalue weighted by molar-refractivity contribution is -0.138. The summed E-state index contributed by atoms with van der Waals surface area (Å²) < 4.78 is 75.8. The van der Waals surface area contributed by atoms with Crippen molar-refractivity contribution in [2.24, 2.45) is 0 Å². The predicted octanol–water partition coefficient (Wildman–Crippen LogP) is 5.21. The monoisotopic (exact) mass is 423 g/mol. The van der Waals surface area contributed by atoms with Gasteiger partial charge in [-0.05, 0) is 49.4 Å². The summed E-state index contributed by atoms with van der Waals surface area (Å²) in [6.45, 7) is 1.16. The van der Waals surface area contributed by atoms with Crippen LogP contribution in [0.2, 0.25) is 0 Å². The first-order chi connectivity index (χ1) is 12.8. The second-order valence-electron chi connectivity index (χ2n) is 6.12. The van der Waals surface area contributed by atoms with Crippen molar-refractivity contribution in [3.05, 3.63) is 59.7 Å². The molecule has 0 aliphatic heterocycles. The molecule has 0 spiro atoms. The zero-order chi connectivity index (χ0) is 21.2.